The van der Waals surface area contributed by atoms with Gasteiger partial charge in [0.15, 0.2) is 0 Å². The Labute approximate surface area is 170 Å². The van der Waals surface area contributed by atoms with E-state index in [1.54, 1.807) is 24.3 Å². The fourth-order valence-electron chi connectivity index (χ4n) is 3.04. The number of nitrogens with one attached hydrogen (secondary N) is 2. The highest BCUT2D eigenvalue weighted by Crippen LogP contribution is 2.12. The van der Waals surface area contributed by atoms with E-state index in [4.69, 9.17) is 16.7 Å². The zero-order valence-corrected chi connectivity index (χ0v) is 16.1. The Bertz CT molecular complexity index is 1000. The van der Waals surface area contributed by atoms with Crippen molar-refractivity contribution in [3.63, 3.8) is 0 Å². The molecular weight excluding hydrogens is 400 g/mol. The largest absolute Gasteiger partial charge is 0.465 e. The zero-order valence-electron chi connectivity index (χ0n) is 15.4. The van der Waals surface area contributed by atoms with Crippen LogP contribution in [0.25, 0.3) is 0 Å². The lowest BCUT2D eigenvalue weighted by molar-refractivity contribution is 0.0699. The van der Waals surface area contributed by atoms with Crippen molar-refractivity contribution in [3.8, 4) is 0 Å². The predicted octanol–water partition coefficient (Wildman–Crippen LogP) is 1.16. The third-order valence-corrected chi connectivity index (χ3v) is 4.79. The second-order valence-electron chi connectivity index (χ2n) is 6.42. The number of carbonyl (C=O) groups is 3. The Morgan fingerprint density at radius 3 is 2.45 bits per heavy atom. The summed E-state index contributed by atoms with van der Waals surface area (Å²) in [5.74, 6) is -0.908. The molecule has 0 saturated carbocycles. The summed E-state index contributed by atoms with van der Waals surface area (Å²) in [7, 11) is 0. The molecule has 1 aliphatic heterocycles. The van der Waals surface area contributed by atoms with Gasteiger partial charge in [-0.2, -0.15) is 0 Å². The maximum Gasteiger partial charge on any atom is 0.404 e. The van der Waals surface area contributed by atoms with E-state index < -0.39 is 17.6 Å². The fraction of sp³-hybridized carbons (Fsp3) is 0.263. The number of benzene rings is 1. The minimum Gasteiger partial charge on any atom is -0.465 e. The van der Waals surface area contributed by atoms with Crippen molar-refractivity contribution in [3.05, 3.63) is 68.6 Å². The van der Waals surface area contributed by atoms with Gasteiger partial charge in [0.05, 0.1) is 0 Å². The van der Waals surface area contributed by atoms with Crippen LogP contribution >= 0.6 is 11.6 Å². The van der Waals surface area contributed by atoms with Gasteiger partial charge in [-0.25, -0.2) is 4.79 Å². The third-order valence-electron chi connectivity index (χ3n) is 4.54. The van der Waals surface area contributed by atoms with Crippen LogP contribution in [-0.4, -0.2) is 52.1 Å². The van der Waals surface area contributed by atoms with E-state index >= 15 is 0 Å². The molecule has 0 fully saturated rings. The number of nitrogens with zero attached hydrogens (tertiary/aromatic N) is 2. The highest BCUT2D eigenvalue weighted by molar-refractivity contribution is 6.30. The molecule has 1 aliphatic rings. The number of aromatic nitrogens is 1. The van der Waals surface area contributed by atoms with E-state index in [-0.39, 0.29) is 49.9 Å². The Morgan fingerprint density at radius 2 is 1.76 bits per heavy atom. The van der Waals surface area contributed by atoms with Gasteiger partial charge in [-0.15, -0.1) is 0 Å². The van der Waals surface area contributed by atoms with Gasteiger partial charge in [0.2, 0.25) is 0 Å². The number of carbonyl (C=O) groups excluding carboxylic acids is 2. The molecule has 0 radical (unpaired) electrons. The molecule has 2 aromatic rings. The smallest absolute Gasteiger partial charge is 0.404 e. The first kappa shape index (κ1) is 20.4. The van der Waals surface area contributed by atoms with Gasteiger partial charge in [-0.3, -0.25) is 14.4 Å². The van der Waals surface area contributed by atoms with Crippen LogP contribution in [0.2, 0.25) is 5.02 Å². The molecule has 9 nitrogen and oxygen atoms in total. The van der Waals surface area contributed by atoms with E-state index in [1.165, 1.54) is 21.6 Å². The lowest BCUT2D eigenvalue weighted by Crippen LogP contribution is -2.48. The number of fused-ring (bicyclic) bond motifs is 1. The minimum absolute atomic E-state index is 0.0449. The van der Waals surface area contributed by atoms with Gasteiger partial charge in [-0.05, 0) is 29.8 Å². The van der Waals surface area contributed by atoms with Gasteiger partial charge in [-0.1, -0.05) is 23.7 Å². The van der Waals surface area contributed by atoms with E-state index in [0.29, 0.717) is 5.02 Å². The molecule has 2 heterocycles. The van der Waals surface area contributed by atoms with E-state index in [1.807, 2.05) is 0 Å². The number of amides is 3. The maximum atomic E-state index is 12.7. The van der Waals surface area contributed by atoms with Crippen molar-refractivity contribution in [2.75, 3.05) is 19.6 Å². The molecule has 29 heavy (non-hydrogen) atoms. The van der Waals surface area contributed by atoms with Gasteiger partial charge < -0.3 is 25.2 Å². The van der Waals surface area contributed by atoms with Crippen molar-refractivity contribution < 1.29 is 19.5 Å². The number of hydrogen-bond acceptors (Lipinski definition) is 4. The second-order valence-corrected chi connectivity index (χ2v) is 6.86. The van der Waals surface area contributed by atoms with Crippen molar-refractivity contribution in [2.24, 2.45) is 0 Å². The van der Waals surface area contributed by atoms with Crippen molar-refractivity contribution in [2.45, 2.75) is 13.1 Å². The zero-order chi connectivity index (χ0) is 21.0. The van der Waals surface area contributed by atoms with Crippen LogP contribution in [0.1, 0.15) is 26.4 Å². The van der Waals surface area contributed by atoms with E-state index in [9.17, 15) is 19.2 Å². The minimum atomic E-state index is -1.17. The molecule has 0 atom stereocenters. The molecule has 1 aromatic heterocycles. The number of pyridine rings is 1. The summed E-state index contributed by atoms with van der Waals surface area (Å²) in [5, 5.41) is 14.1. The first-order valence-electron chi connectivity index (χ1n) is 8.89. The van der Waals surface area contributed by atoms with Crippen LogP contribution in [-0.2, 0) is 13.1 Å². The molecule has 1 aromatic carbocycles. The normalized spacial score (nSPS) is 13.0. The number of halogens is 1. The van der Waals surface area contributed by atoms with Gasteiger partial charge in [0.1, 0.15) is 11.3 Å². The van der Waals surface area contributed by atoms with Gasteiger partial charge in [0, 0.05) is 37.7 Å². The molecule has 152 valence electrons. The van der Waals surface area contributed by atoms with E-state index in [2.05, 4.69) is 10.6 Å². The van der Waals surface area contributed by atoms with Crippen LogP contribution < -0.4 is 16.2 Å². The Balaban J connectivity index is 1.70. The Morgan fingerprint density at radius 1 is 1.03 bits per heavy atom. The fourth-order valence-corrected chi connectivity index (χ4v) is 3.16. The van der Waals surface area contributed by atoms with Crippen LogP contribution in [0, 0.1) is 0 Å². The lowest BCUT2D eigenvalue weighted by atomic mass is 10.1. The molecule has 0 bridgehead atoms. The summed E-state index contributed by atoms with van der Waals surface area (Å²) < 4.78 is 1.28. The third kappa shape index (κ3) is 4.75. The number of rotatable bonds is 6. The molecule has 3 amide bonds. The quantitative estimate of drug-likeness (QED) is 0.650. The molecule has 0 spiro atoms. The Kier molecular flexibility index (Phi) is 6.18. The highest BCUT2D eigenvalue weighted by atomic mass is 35.5. The van der Waals surface area contributed by atoms with Crippen molar-refractivity contribution >= 4 is 29.5 Å². The summed E-state index contributed by atoms with van der Waals surface area (Å²) in [6.45, 7) is 1.01. The summed E-state index contributed by atoms with van der Waals surface area (Å²) in [6, 6.07) is 9.74. The molecule has 3 N–H and O–H groups in total. The molecule has 3 rings (SSSR count). The maximum absolute atomic E-state index is 12.7. The highest BCUT2D eigenvalue weighted by Gasteiger charge is 2.26. The second kappa shape index (κ2) is 8.78. The van der Waals surface area contributed by atoms with Gasteiger partial charge >= 0.3 is 6.09 Å². The molecule has 0 saturated heterocycles. The van der Waals surface area contributed by atoms with Crippen LogP contribution in [0.5, 0.6) is 0 Å². The van der Waals surface area contributed by atoms with E-state index in [0.717, 1.165) is 5.56 Å². The standard InChI is InChI=1S/C19H19ClN4O5/c20-13-3-1-12(2-4-13)11-22-16(25)14-5-6-15-18(27)23(8-7-21-19(28)29)9-10-24(15)17(14)26/h1-6,21H,7-11H2,(H,22,25)(H,28,29). The topological polar surface area (TPSA) is 121 Å². The first-order valence-corrected chi connectivity index (χ1v) is 9.27. The summed E-state index contributed by atoms with van der Waals surface area (Å²) in [4.78, 5) is 49.7. The van der Waals surface area contributed by atoms with Crippen molar-refractivity contribution in [1.29, 1.82) is 0 Å². The summed E-state index contributed by atoms with van der Waals surface area (Å²) >= 11 is 5.83. The van der Waals surface area contributed by atoms with Gasteiger partial charge in [0.25, 0.3) is 17.4 Å². The first-order chi connectivity index (χ1) is 13.9. The SMILES string of the molecule is O=C(O)NCCN1CCn2c(ccc(C(=O)NCc3ccc(Cl)cc3)c2=O)C1=O. The van der Waals surface area contributed by atoms with Crippen LogP contribution in [0.3, 0.4) is 0 Å². The monoisotopic (exact) mass is 418 g/mol. The lowest BCUT2D eigenvalue weighted by Gasteiger charge is -2.29. The Hall–Kier alpha value is -3.33. The summed E-state index contributed by atoms with van der Waals surface area (Å²) in [5.41, 5.74) is 0.428. The average Bonchev–Trinajstić information content (AvgIpc) is 2.69. The van der Waals surface area contributed by atoms with Crippen LogP contribution in [0.15, 0.2) is 41.2 Å². The number of hydrogen-bond donors (Lipinski definition) is 3. The predicted molar refractivity (Wildman–Crippen MR) is 105 cm³/mol. The van der Waals surface area contributed by atoms with Crippen molar-refractivity contribution in [1.82, 2.24) is 20.1 Å². The van der Waals surface area contributed by atoms with Crippen LogP contribution in [0.4, 0.5) is 4.79 Å². The molecule has 0 aliphatic carbocycles. The molecule has 10 heteroatoms. The number of carboxylic acid groups (broad SMARTS) is 1. The molecule has 0 unspecified atom stereocenters. The summed E-state index contributed by atoms with van der Waals surface area (Å²) in [6.07, 6.45) is -1.17. The average molecular weight is 419 g/mol. The molecular formula is C19H19ClN4O5.